The predicted molar refractivity (Wildman–Crippen MR) is 67.7 cm³/mol. The first-order chi connectivity index (χ1) is 9.00. The Balaban J connectivity index is 2.35. The lowest BCUT2D eigenvalue weighted by molar-refractivity contribution is 0.102. The summed E-state index contributed by atoms with van der Waals surface area (Å²) in [5, 5.41) is 2.17. The number of halogens is 2. The standard InChI is InChI=1S/C13H11F2N3O/c1-7-2-3-9(14)12(11(7)15)18-13(19)8-6-17-5-4-10(8)16/h2-6H,1H3,(H2,16,17)(H,18,19). The lowest BCUT2D eigenvalue weighted by Crippen LogP contribution is -2.16. The number of aromatic nitrogens is 1. The highest BCUT2D eigenvalue weighted by Gasteiger charge is 2.16. The van der Waals surface area contributed by atoms with Gasteiger partial charge in [0.2, 0.25) is 0 Å². The second-order valence-electron chi connectivity index (χ2n) is 3.97. The first-order valence-electron chi connectivity index (χ1n) is 5.46. The van der Waals surface area contributed by atoms with Gasteiger partial charge in [-0.15, -0.1) is 0 Å². The fourth-order valence-electron chi connectivity index (χ4n) is 1.55. The van der Waals surface area contributed by atoms with Crippen LogP contribution in [-0.2, 0) is 0 Å². The Morgan fingerprint density at radius 3 is 2.74 bits per heavy atom. The number of nitrogens with one attached hydrogen (secondary N) is 1. The Labute approximate surface area is 108 Å². The van der Waals surface area contributed by atoms with Gasteiger partial charge in [-0.1, -0.05) is 6.07 Å². The van der Waals surface area contributed by atoms with Crippen molar-refractivity contribution in [3.63, 3.8) is 0 Å². The summed E-state index contributed by atoms with van der Waals surface area (Å²) in [7, 11) is 0. The van der Waals surface area contributed by atoms with E-state index < -0.39 is 23.2 Å². The number of nitrogens with zero attached hydrogens (tertiary/aromatic N) is 1. The maximum atomic E-state index is 13.7. The van der Waals surface area contributed by atoms with E-state index in [0.29, 0.717) is 0 Å². The molecule has 1 amide bonds. The number of rotatable bonds is 2. The van der Waals surface area contributed by atoms with E-state index in [-0.39, 0.29) is 16.8 Å². The summed E-state index contributed by atoms with van der Waals surface area (Å²) < 4.78 is 27.2. The number of carbonyl (C=O) groups excluding carboxylic acids is 1. The van der Waals surface area contributed by atoms with E-state index in [1.807, 2.05) is 0 Å². The van der Waals surface area contributed by atoms with Gasteiger partial charge in [0.15, 0.2) is 5.82 Å². The van der Waals surface area contributed by atoms with E-state index in [2.05, 4.69) is 10.3 Å². The minimum absolute atomic E-state index is 0.0582. The molecule has 2 aromatic rings. The molecule has 6 heteroatoms. The van der Waals surface area contributed by atoms with Crippen LogP contribution >= 0.6 is 0 Å². The molecule has 0 bridgehead atoms. The summed E-state index contributed by atoms with van der Waals surface area (Å²) in [4.78, 5) is 15.6. The molecule has 1 aromatic heterocycles. The maximum Gasteiger partial charge on any atom is 0.259 e. The van der Waals surface area contributed by atoms with Crippen LogP contribution in [0, 0.1) is 18.6 Å². The number of hydrogen-bond acceptors (Lipinski definition) is 3. The molecule has 0 radical (unpaired) electrons. The number of hydrogen-bond donors (Lipinski definition) is 2. The quantitative estimate of drug-likeness (QED) is 0.874. The third kappa shape index (κ3) is 2.52. The van der Waals surface area contributed by atoms with Gasteiger partial charge in [-0.05, 0) is 24.6 Å². The van der Waals surface area contributed by atoms with Crippen molar-refractivity contribution in [1.29, 1.82) is 0 Å². The van der Waals surface area contributed by atoms with Gasteiger partial charge in [0, 0.05) is 18.1 Å². The number of carbonyl (C=O) groups is 1. The average Bonchev–Trinajstić information content (AvgIpc) is 2.39. The van der Waals surface area contributed by atoms with Crippen molar-refractivity contribution in [2.75, 3.05) is 11.1 Å². The molecule has 0 fully saturated rings. The van der Waals surface area contributed by atoms with E-state index >= 15 is 0 Å². The van der Waals surface area contributed by atoms with Gasteiger partial charge >= 0.3 is 0 Å². The predicted octanol–water partition coefficient (Wildman–Crippen LogP) is 2.50. The minimum Gasteiger partial charge on any atom is -0.398 e. The van der Waals surface area contributed by atoms with Crippen molar-refractivity contribution < 1.29 is 13.6 Å². The van der Waals surface area contributed by atoms with Gasteiger partial charge in [-0.2, -0.15) is 0 Å². The highest BCUT2D eigenvalue weighted by Crippen LogP contribution is 2.22. The van der Waals surface area contributed by atoms with Crippen molar-refractivity contribution in [2.45, 2.75) is 6.92 Å². The molecule has 98 valence electrons. The van der Waals surface area contributed by atoms with Gasteiger partial charge in [-0.3, -0.25) is 9.78 Å². The normalized spacial score (nSPS) is 10.3. The number of nitrogens with two attached hydrogens (primary N) is 1. The zero-order valence-corrected chi connectivity index (χ0v) is 10.1. The fourth-order valence-corrected chi connectivity index (χ4v) is 1.55. The number of benzene rings is 1. The van der Waals surface area contributed by atoms with Crippen molar-refractivity contribution >= 4 is 17.3 Å². The molecule has 0 unspecified atom stereocenters. The molecule has 0 atom stereocenters. The average molecular weight is 263 g/mol. The van der Waals surface area contributed by atoms with Crippen LogP contribution in [0.2, 0.25) is 0 Å². The van der Waals surface area contributed by atoms with Gasteiger partial charge in [0.25, 0.3) is 5.91 Å². The summed E-state index contributed by atoms with van der Waals surface area (Å²) in [6.07, 6.45) is 2.65. The maximum absolute atomic E-state index is 13.7. The molecular weight excluding hydrogens is 252 g/mol. The van der Waals surface area contributed by atoms with Crippen LogP contribution < -0.4 is 11.1 Å². The molecular formula is C13H11F2N3O. The van der Waals surface area contributed by atoms with Gasteiger partial charge in [0.05, 0.1) is 5.56 Å². The highest BCUT2D eigenvalue weighted by atomic mass is 19.1. The number of aryl methyl sites for hydroxylation is 1. The van der Waals surface area contributed by atoms with E-state index in [4.69, 9.17) is 5.73 Å². The Morgan fingerprint density at radius 1 is 1.32 bits per heavy atom. The minimum atomic E-state index is -0.848. The summed E-state index contributed by atoms with van der Waals surface area (Å²) in [6.45, 7) is 1.48. The second kappa shape index (κ2) is 5.01. The molecule has 0 aliphatic heterocycles. The van der Waals surface area contributed by atoms with E-state index in [1.54, 1.807) is 0 Å². The smallest absolute Gasteiger partial charge is 0.259 e. The zero-order valence-electron chi connectivity index (χ0n) is 10.1. The number of amides is 1. The summed E-state index contributed by atoms with van der Waals surface area (Å²) >= 11 is 0. The van der Waals surface area contributed by atoms with E-state index in [9.17, 15) is 13.6 Å². The Morgan fingerprint density at radius 2 is 2.05 bits per heavy atom. The molecule has 3 N–H and O–H groups in total. The Hall–Kier alpha value is -2.50. The first-order valence-corrected chi connectivity index (χ1v) is 5.46. The Bertz CT molecular complexity index is 644. The molecule has 0 saturated heterocycles. The third-order valence-corrected chi connectivity index (χ3v) is 2.62. The number of anilines is 2. The summed E-state index contributed by atoms with van der Waals surface area (Å²) in [5.41, 5.74) is 5.57. The molecule has 4 nitrogen and oxygen atoms in total. The molecule has 1 heterocycles. The lowest BCUT2D eigenvalue weighted by atomic mass is 10.1. The van der Waals surface area contributed by atoms with Crippen LogP contribution in [-0.4, -0.2) is 10.9 Å². The molecule has 0 aliphatic carbocycles. The largest absolute Gasteiger partial charge is 0.398 e. The van der Waals surface area contributed by atoms with Crippen molar-refractivity contribution in [2.24, 2.45) is 0 Å². The van der Waals surface area contributed by atoms with Gasteiger partial charge in [0.1, 0.15) is 11.5 Å². The topological polar surface area (TPSA) is 68.0 Å². The number of pyridine rings is 1. The van der Waals surface area contributed by atoms with Crippen LogP contribution in [0.3, 0.4) is 0 Å². The monoisotopic (exact) mass is 263 g/mol. The molecule has 0 spiro atoms. The van der Waals surface area contributed by atoms with Crippen molar-refractivity contribution in [3.8, 4) is 0 Å². The second-order valence-corrected chi connectivity index (χ2v) is 3.97. The lowest BCUT2D eigenvalue weighted by Gasteiger charge is -2.10. The SMILES string of the molecule is Cc1ccc(F)c(NC(=O)c2cnccc2N)c1F. The molecule has 0 saturated carbocycles. The summed E-state index contributed by atoms with van der Waals surface area (Å²) in [5.74, 6) is -2.37. The Kier molecular flexibility index (Phi) is 3.41. The molecule has 2 rings (SSSR count). The van der Waals surface area contributed by atoms with E-state index in [1.165, 1.54) is 31.5 Å². The number of nitrogen functional groups attached to an aromatic ring is 1. The van der Waals surface area contributed by atoms with Crippen LogP contribution in [0.1, 0.15) is 15.9 Å². The van der Waals surface area contributed by atoms with Gasteiger partial charge in [-0.25, -0.2) is 8.78 Å². The first kappa shape index (κ1) is 12.9. The molecule has 0 aliphatic rings. The van der Waals surface area contributed by atoms with Gasteiger partial charge < -0.3 is 11.1 Å². The summed E-state index contributed by atoms with van der Waals surface area (Å²) in [6, 6.07) is 3.80. The van der Waals surface area contributed by atoms with Crippen molar-refractivity contribution in [1.82, 2.24) is 4.98 Å². The zero-order chi connectivity index (χ0) is 14.0. The van der Waals surface area contributed by atoms with E-state index in [0.717, 1.165) is 6.07 Å². The molecule has 19 heavy (non-hydrogen) atoms. The molecule has 1 aromatic carbocycles. The van der Waals surface area contributed by atoms with Crippen LogP contribution in [0.4, 0.5) is 20.2 Å². The van der Waals surface area contributed by atoms with Crippen LogP contribution in [0.15, 0.2) is 30.6 Å². The fraction of sp³-hybridized carbons (Fsp3) is 0.0769. The van der Waals surface area contributed by atoms with Crippen LogP contribution in [0.25, 0.3) is 0 Å². The van der Waals surface area contributed by atoms with Crippen molar-refractivity contribution in [3.05, 3.63) is 53.4 Å². The highest BCUT2D eigenvalue weighted by molar-refractivity contribution is 6.07. The third-order valence-electron chi connectivity index (χ3n) is 2.62. The van der Waals surface area contributed by atoms with Crippen LogP contribution in [0.5, 0.6) is 0 Å².